The van der Waals surface area contributed by atoms with E-state index in [4.69, 9.17) is 0 Å². The molecule has 0 amide bonds. The molecule has 11 heavy (non-hydrogen) atoms. The summed E-state index contributed by atoms with van der Waals surface area (Å²) >= 11 is 0. The summed E-state index contributed by atoms with van der Waals surface area (Å²) in [5, 5.41) is 0. The molecule has 0 bridgehead atoms. The highest BCUT2D eigenvalue weighted by Gasteiger charge is 2.34. The van der Waals surface area contributed by atoms with Crippen LogP contribution in [0.3, 0.4) is 0 Å². The van der Waals surface area contributed by atoms with Gasteiger partial charge in [-0.1, -0.05) is 40.5 Å². The maximum absolute atomic E-state index is 13.9. The Bertz CT molecular complexity index is 95.4. The summed E-state index contributed by atoms with van der Waals surface area (Å²) < 4.78 is 13.9. The molecule has 0 saturated carbocycles. The molecule has 0 saturated heterocycles. The van der Waals surface area contributed by atoms with Crippen LogP contribution < -0.4 is 0 Å². The molecule has 0 N–H and O–H groups in total. The molecule has 0 aliphatic carbocycles. The van der Waals surface area contributed by atoms with Crippen molar-refractivity contribution in [3.63, 3.8) is 0 Å². The third-order valence-corrected chi connectivity index (χ3v) is 3.15. The number of halogens is 1. The van der Waals surface area contributed by atoms with Crippen molar-refractivity contribution in [1.29, 1.82) is 0 Å². The minimum atomic E-state index is -0.983. The topological polar surface area (TPSA) is 0 Å². The van der Waals surface area contributed by atoms with Gasteiger partial charge in [-0.05, 0) is 18.8 Å². The second-order valence-corrected chi connectivity index (χ2v) is 3.77. The van der Waals surface area contributed by atoms with Gasteiger partial charge in [-0.2, -0.15) is 0 Å². The molecule has 0 aromatic heterocycles. The molecule has 0 aliphatic rings. The number of rotatable bonds is 4. The van der Waals surface area contributed by atoms with Crippen molar-refractivity contribution >= 4 is 0 Å². The minimum Gasteiger partial charge on any atom is -0.244 e. The van der Waals surface area contributed by atoms with Gasteiger partial charge in [0.2, 0.25) is 0 Å². The summed E-state index contributed by atoms with van der Waals surface area (Å²) in [6.45, 7) is 9.81. The van der Waals surface area contributed by atoms with Crippen LogP contribution in [0.2, 0.25) is 0 Å². The maximum Gasteiger partial charge on any atom is 0.113 e. The van der Waals surface area contributed by atoms with E-state index in [9.17, 15) is 4.39 Å². The zero-order valence-electron chi connectivity index (χ0n) is 8.45. The molecule has 1 heteroatoms. The first-order chi connectivity index (χ1) is 4.96. The van der Waals surface area contributed by atoms with Crippen LogP contribution in [-0.4, -0.2) is 5.67 Å². The number of hydrogen-bond acceptors (Lipinski definition) is 0. The molecule has 0 aromatic rings. The van der Waals surface area contributed by atoms with Crippen molar-refractivity contribution in [2.24, 2.45) is 11.8 Å². The quantitative estimate of drug-likeness (QED) is 0.586. The van der Waals surface area contributed by atoms with Crippen LogP contribution in [-0.2, 0) is 0 Å². The summed E-state index contributed by atoms with van der Waals surface area (Å²) in [7, 11) is 0. The van der Waals surface area contributed by atoms with E-state index in [-0.39, 0.29) is 11.8 Å². The van der Waals surface area contributed by atoms with Crippen LogP contribution in [0.25, 0.3) is 0 Å². The first-order valence-corrected chi connectivity index (χ1v) is 4.65. The van der Waals surface area contributed by atoms with Gasteiger partial charge in [-0.3, -0.25) is 0 Å². The molecular formula is C10H21F. The smallest absolute Gasteiger partial charge is 0.113 e. The van der Waals surface area contributed by atoms with Gasteiger partial charge in [0.05, 0.1) is 0 Å². The van der Waals surface area contributed by atoms with Crippen molar-refractivity contribution in [3.05, 3.63) is 0 Å². The molecule has 0 rings (SSSR count). The van der Waals surface area contributed by atoms with Crippen molar-refractivity contribution in [2.45, 2.75) is 53.1 Å². The highest BCUT2D eigenvalue weighted by atomic mass is 19.1. The van der Waals surface area contributed by atoms with E-state index in [1.807, 2.05) is 27.7 Å². The van der Waals surface area contributed by atoms with Gasteiger partial charge in [-0.25, -0.2) is 4.39 Å². The van der Waals surface area contributed by atoms with E-state index in [1.54, 1.807) is 6.92 Å². The Morgan fingerprint density at radius 3 is 1.55 bits per heavy atom. The Balaban J connectivity index is 4.18. The molecule has 0 aliphatic heterocycles. The van der Waals surface area contributed by atoms with Crippen molar-refractivity contribution in [1.82, 2.24) is 0 Å². The van der Waals surface area contributed by atoms with Gasteiger partial charge in [0, 0.05) is 0 Å². The highest BCUT2D eigenvalue weighted by Crippen LogP contribution is 2.33. The molecule has 0 radical (unpaired) electrons. The Hall–Kier alpha value is -0.0700. The Labute approximate surface area is 70.2 Å². The largest absolute Gasteiger partial charge is 0.244 e. The molecule has 0 spiro atoms. The van der Waals surface area contributed by atoms with Crippen molar-refractivity contribution in [2.75, 3.05) is 0 Å². The lowest BCUT2D eigenvalue weighted by molar-refractivity contribution is 0.0461. The van der Waals surface area contributed by atoms with Crippen LogP contribution >= 0.6 is 0 Å². The Kier molecular flexibility index (Phi) is 4.05. The average molecular weight is 160 g/mol. The zero-order valence-corrected chi connectivity index (χ0v) is 8.45. The molecule has 2 unspecified atom stereocenters. The first-order valence-electron chi connectivity index (χ1n) is 4.65. The lowest BCUT2D eigenvalue weighted by Gasteiger charge is -2.32. The predicted molar refractivity (Wildman–Crippen MR) is 48.4 cm³/mol. The van der Waals surface area contributed by atoms with E-state index < -0.39 is 5.67 Å². The predicted octanol–water partition coefficient (Wildman–Crippen LogP) is 3.81. The number of alkyl halides is 1. The maximum atomic E-state index is 13.9. The lowest BCUT2D eigenvalue weighted by atomic mass is 9.79. The molecule has 0 heterocycles. The summed E-state index contributed by atoms with van der Waals surface area (Å²) in [4.78, 5) is 0. The molecule has 3 atom stereocenters. The second kappa shape index (κ2) is 4.08. The van der Waals surface area contributed by atoms with Crippen LogP contribution in [0.1, 0.15) is 47.5 Å². The van der Waals surface area contributed by atoms with Crippen LogP contribution in [0, 0.1) is 11.8 Å². The third kappa shape index (κ3) is 2.46. The summed E-state index contributed by atoms with van der Waals surface area (Å²) in [6.07, 6.45) is 1.86. The Morgan fingerprint density at radius 1 is 1.09 bits per heavy atom. The fourth-order valence-electron chi connectivity index (χ4n) is 1.28. The number of hydrogen-bond donors (Lipinski definition) is 0. The van der Waals surface area contributed by atoms with Crippen LogP contribution in [0.4, 0.5) is 4.39 Å². The van der Waals surface area contributed by atoms with Gasteiger partial charge in [0.1, 0.15) is 5.67 Å². The van der Waals surface area contributed by atoms with Gasteiger partial charge in [0.25, 0.3) is 0 Å². The SMILES string of the molecule is CCC(C)C(C)(F)[C@H](C)CC. The van der Waals surface area contributed by atoms with Gasteiger partial charge in [0.15, 0.2) is 0 Å². The highest BCUT2D eigenvalue weighted by molar-refractivity contribution is 4.83. The minimum absolute atomic E-state index is 0.178. The van der Waals surface area contributed by atoms with E-state index >= 15 is 0 Å². The van der Waals surface area contributed by atoms with Crippen molar-refractivity contribution < 1.29 is 4.39 Å². The van der Waals surface area contributed by atoms with Crippen LogP contribution in [0.15, 0.2) is 0 Å². The normalized spacial score (nSPS) is 22.4. The lowest BCUT2D eigenvalue weighted by Crippen LogP contribution is -2.34. The molecule has 0 aromatic carbocycles. The first kappa shape index (κ1) is 10.9. The van der Waals surface area contributed by atoms with E-state index in [0.717, 1.165) is 12.8 Å². The van der Waals surface area contributed by atoms with E-state index in [1.165, 1.54) is 0 Å². The second-order valence-electron chi connectivity index (χ2n) is 3.77. The zero-order chi connectivity index (χ0) is 9.07. The van der Waals surface area contributed by atoms with Crippen LogP contribution in [0.5, 0.6) is 0 Å². The van der Waals surface area contributed by atoms with E-state index in [0.29, 0.717) is 0 Å². The summed E-state index contributed by atoms with van der Waals surface area (Å²) in [6, 6.07) is 0. The monoisotopic (exact) mass is 160 g/mol. The van der Waals surface area contributed by atoms with Crippen molar-refractivity contribution in [3.8, 4) is 0 Å². The molecule has 68 valence electrons. The molecule has 0 fully saturated rings. The standard InChI is InChI=1S/C10H21F/c1-6-8(3)10(5,11)9(4)7-2/h8-9H,6-7H2,1-5H3/t8-,9?,10?/m1/s1. The molecule has 0 nitrogen and oxygen atoms in total. The summed E-state index contributed by atoms with van der Waals surface area (Å²) in [5.74, 6) is 0.356. The third-order valence-electron chi connectivity index (χ3n) is 3.15. The van der Waals surface area contributed by atoms with Gasteiger partial charge < -0.3 is 0 Å². The van der Waals surface area contributed by atoms with E-state index in [2.05, 4.69) is 0 Å². The summed E-state index contributed by atoms with van der Waals surface area (Å²) in [5.41, 5.74) is -0.983. The fraction of sp³-hybridized carbons (Fsp3) is 1.00. The Morgan fingerprint density at radius 2 is 1.36 bits per heavy atom. The van der Waals surface area contributed by atoms with Gasteiger partial charge in [-0.15, -0.1) is 0 Å². The fourth-order valence-corrected chi connectivity index (χ4v) is 1.28. The van der Waals surface area contributed by atoms with Gasteiger partial charge >= 0.3 is 0 Å². The average Bonchev–Trinajstić information content (AvgIpc) is 2.01. The molecular weight excluding hydrogens is 139 g/mol.